The molecule has 2 heterocycles. The van der Waals surface area contributed by atoms with E-state index in [-0.39, 0.29) is 12.5 Å². The molecule has 0 aliphatic rings. The maximum absolute atomic E-state index is 11.9. The van der Waals surface area contributed by atoms with E-state index in [1.54, 1.807) is 12.3 Å². The van der Waals surface area contributed by atoms with Gasteiger partial charge in [-0.05, 0) is 44.7 Å². The van der Waals surface area contributed by atoms with Crippen LogP contribution in [0.3, 0.4) is 0 Å². The number of aryl methyl sites for hydroxylation is 2. The van der Waals surface area contributed by atoms with Crippen LogP contribution < -0.4 is 5.32 Å². The smallest absolute Gasteiger partial charge is 0.239 e. The number of nitrogens with one attached hydrogen (secondary N) is 1. The molecule has 5 nitrogen and oxygen atoms in total. The Bertz CT molecular complexity index is 575. The van der Waals surface area contributed by atoms with Crippen molar-refractivity contribution >= 4 is 11.7 Å². The average molecular weight is 273 g/mol. The van der Waals surface area contributed by atoms with Crippen LogP contribution in [-0.4, -0.2) is 29.4 Å². The molecule has 0 bridgehead atoms. The molecular formula is C15H19N3O2. The Kier molecular flexibility index (Phi) is 4.53. The lowest BCUT2D eigenvalue weighted by atomic mass is 10.3. The molecule has 0 atom stereocenters. The number of anilines is 1. The predicted octanol–water partition coefficient (Wildman–Crippen LogP) is 2.36. The van der Waals surface area contributed by atoms with E-state index in [4.69, 9.17) is 4.42 Å². The lowest BCUT2D eigenvalue weighted by molar-refractivity contribution is -0.117. The Morgan fingerprint density at radius 1 is 1.30 bits per heavy atom. The summed E-state index contributed by atoms with van der Waals surface area (Å²) in [7, 11) is 1.88. The summed E-state index contributed by atoms with van der Waals surface area (Å²) in [4.78, 5) is 17.9. The molecule has 106 valence electrons. The van der Waals surface area contributed by atoms with Crippen LogP contribution in [0.4, 0.5) is 5.82 Å². The molecule has 0 spiro atoms. The molecule has 0 aliphatic heterocycles. The quantitative estimate of drug-likeness (QED) is 0.908. The number of aromatic nitrogens is 1. The van der Waals surface area contributed by atoms with E-state index in [2.05, 4.69) is 10.3 Å². The van der Waals surface area contributed by atoms with Crippen molar-refractivity contribution in [1.29, 1.82) is 0 Å². The van der Waals surface area contributed by atoms with Crippen LogP contribution in [0.1, 0.15) is 17.1 Å². The van der Waals surface area contributed by atoms with Crippen molar-refractivity contribution in [2.45, 2.75) is 20.4 Å². The maximum atomic E-state index is 11.9. The van der Waals surface area contributed by atoms with E-state index in [0.717, 1.165) is 17.1 Å². The number of nitrogens with zero attached hydrogens (tertiary/aromatic N) is 2. The van der Waals surface area contributed by atoms with Gasteiger partial charge in [0.1, 0.15) is 17.3 Å². The fourth-order valence-corrected chi connectivity index (χ4v) is 1.86. The molecule has 2 aromatic heterocycles. The highest BCUT2D eigenvalue weighted by Crippen LogP contribution is 2.09. The molecule has 0 fully saturated rings. The van der Waals surface area contributed by atoms with Gasteiger partial charge < -0.3 is 9.73 Å². The van der Waals surface area contributed by atoms with Crippen LogP contribution in [0.25, 0.3) is 0 Å². The van der Waals surface area contributed by atoms with E-state index >= 15 is 0 Å². The van der Waals surface area contributed by atoms with Crippen LogP contribution >= 0.6 is 0 Å². The molecule has 2 aromatic rings. The van der Waals surface area contributed by atoms with Crippen LogP contribution in [0.2, 0.25) is 0 Å². The molecule has 0 radical (unpaired) electrons. The lowest BCUT2D eigenvalue weighted by Gasteiger charge is -2.14. The number of amides is 1. The Labute approximate surface area is 118 Å². The Hall–Kier alpha value is -2.14. The molecule has 5 heteroatoms. The molecular weight excluding hydrogens is 254 g/mol. The third-order valence-corrected chi connectivity index (χ3v) is 2.81. The maximum Gasteiger partial charge on any atom is 0.239 e. The second-order valence-corrected chi connectivity index (χ2v) is 4.95. The van der Waals surface area contributed by atoms with Gasteiger partial charge in [0.15, 0.2) is 0 Å². The third kappa shape index (κ3) is 4.20. The number of hydrogen-bond acceptors (Lipinski definition) is 4. The summed E-state index contributed by atoms with van der Waals surface area (Å²) in [5.74, 6) is 2.21. The second kappa shape index (κ2) is 6.34. The fourth-order valence-electron chi connectivity index (χ4n) is 1.86. The monoisotopic (exact) mass is 273 g/mol. The molecule has 0 aromatic carbocycles. The van der Waals surface area contributed by atoms with E-state index in [9.17, 15) is 4.79 Å². The Balaban J connectivity index is 1.83. The molecule has 1 amide bonds. The van der Waals surface area contributed by atoms with Gasteiger partial charge in [-0.25, -0.2) is 4.98 Å². The average Bonchev–Trinajstić information content (AvgIpc) is 2.77. The van der Waals surface area contributed by atoms with Crippen molar-refractivity contribution in [3.8, 4) is 0 Å². The van der Waals surface area contributed by atoms with Gasteiger partial charge in [0.2, 0.25) is 5.91 Å². The lowest BCUT2D eigenvalue weighted by Crippen LogP contribution is -2.29. The number of hydrogen-bond donors (Lipinski definition) is 1. The summed E-state index contributed by atoms with van der Waals surface area (Å²) >= 11 is 0. The molecule has 0 saturated carbocycles. The number of rotatable bonds is 5. The first-order valence-electron chi connectivity index (χ1n) is 6.49. The van der Waals surface area contributed by atoms with Gasteiger partial charge >= 0.3 is 0 Å². The summed E-state index contributed by atoms with van der Waals surface area (Å²) in [5, 5.41) is 2.77. The number of carbonyl (C=O) groups excluding carboxylic acids is 1. The summed E-state index contributed by atoms with van der Waals surface area (Å²) in [6.45, 7) is 4.74. The SMILES string of the molecule is Cc1ccc(NC(=O)CN(C)Cc2ccc(C)o2)nc1. The highest BCUT2D eigenvalue weighted by atomic mass is 16.3. The highest BCUT2D eigenvalue weighted by molar-refractivity contribution is 5.91. The van der Waals surface area contributed by atoms with Crippen molar-refractivity contribution < 1.29 is 9.21 Å². The van der Waals surface area contributed by atoms with Gasteiger partial charge in [0.05, 0.1) is 13.1 Å². The standard InChI is InChI=1S/C15H19N3O2/c1-11-4-7-14(16-8-11)17-15(19)10-18(3)9-13-6-5-12(2)20-13/h4-8H,9-10H2,1-3H3,(H,16,17,19). The first-order valence-corrected chi connectivity index (χ1v) is 6.49. The van der Waals surface area contributed by atoms with E-state index in [0.29, 0.717) is 12.4 Å². The van der Waals surface area contributed by atoms with Gasteiger partial charge in [0, 0.05) is 6.20 Å². The van der Waals surface area contributed by atoms with Crippen molar-refractivity contribution in [3.63, 3.8) is 0 Å². The normalized spacial score (nSPS) is 10.8. The van der Waals surface area contributed by atoms with E-state index < -0.39 is 0 Å². The van der Waals surface area contributed by atoms with Crippen LogP contribution in [0, 0.1) is 13.8 Å². The predicted molar refractivity (Wildman–Crippen MR) is 77.4 cm³/mol. The summed E-state index contributed by atoms with van der Waals surface area (Å²) in [6, 6.07) is 7.55. The molecule has 0 unspecified atom stereocenters. The highest BCUT2D eigenvalue weighted by Gasteiger charge is 2.09. The zero-order valence-electron chi connectivity index (χ0n) is 12.0. The molecule has 0 saturated heterocycles. The zero-order chi connectivity index (χ0) is 14.5. The Morgan fingerprint density at radius 2 is 2.10 bits per heavy atom. The summed E-state index contributed by atoms with van der Waals surface area (Å²) in [5.41, 5.74) is 1.06. The molecule has 0 aliphatic carbocycles. The van der Waals surface area contributed by atoms with E-state index in [1.165, 1.54) is 0 Å². The van der Waals surface area contributed by atoms with Gasteiger partial charge in [-0.1, -0.05) is 6.07 Å². The van der Waals surface area contributed by atoms with Crippen LogP contribution in [0.5, 0.6) is 0 Å². The first-order chi connectivity index (χ1) is 9.52. The van der Waals surface area contributed by atoms with Crippen molar-refractivity contribution in [3.05, 3.63) is 47.5 Å². The molecule has 1 N–H and O–H groups in total. The van der Waals surface area contributed by atoms with Gasteiger partial charge in [0.25, 0.3) is 0 Å². The van der Waals surface area contributed by atoms with Crippen molar-refractivity contribution in [2.75, 3.05) is 18.9 Å². The van der Waals surface area contributed by atoms with Gasteiger partial charge in [-0.15, -0.1) is 0 Å². The zero-order valence-corrected chi connectivity index (χ0v) is 12.0. The second-order valence-electron chi connectivity index (χ2n) is 4.95. The summed E-state index contributed by atoms with van der Waals surface area (Å²) < 4.78 is 5.48. The fraction of sp³-hybridized carbons (Fsp3) is 0.333. The van der Waals surface area contributed by atoms with Crippen molar-refractivity contribution in [2.24, 2.45) is 0 Å². The third-order valence-electron chi connectivity index (χ3n) is 2.81. The summed E-state index contributed by atoms with van der Waals surface area (Å²) in [6.07, 6.45) is 1.73. The topological polar surface area (TPSA) is 58.4 Å². The number of carbonyl (C=O) groups is 1. The van der Waals surface area contributed by atoms with Crippen LogP contribution in [0.15, 0.2) is 34.9 Å². The van der Waals surface area contributed by atoms with Gasteiger partial charge in [-0.3, -0.25) is 9.69 Å². The number of furan rings is 1. The first kappa shape index (κ1) is 14.3. The number of likely N-dealkylation sites (N-methyl/N-ethyl adjacent to an activating group) is 1. The minimum Gasteiger partial charge on any atom is -0.465 e. The van der Waals surface area contributed by atoms with Crippen molar-refractivity contribution in [1.82, 2.24) is 9.88 Å². The van der Waals surface area contributed by atoms with Gasteiger partial charge in [-0.2, -0.15) is 0 Å². The number of pyridine rings is 1. The Morgan fingerprint density at radius 3 is 2.70 bits per heavy atom. The largest absolute Gasteiger partial charge is 0.465 e. The molecule has 2 rings (SSSR count). The van der Waals surface area contributed by atoms with E-state index in [1.807, 2.05) is 44.0 Å². The molecule has 20 heavy (non-hydrogen) atoms. The van der Waals surface area contributed by atoms with Crippen LogP contribution in [-0.2, 0) is 11.3 Å². The minimum absolute atomic E-state index is 0.0906. The minimum atomic E-state index is -0.0906.